The van der Waals surface area contributed by atoms with E-state index in [0.29, 0.717) is 42.3 Å². The molecule has 0 saturated heterocycles. The molecule has 0 bridgehead atoms. The van der Waals surface area contributed by atoms with Crippen LogP contribution in [0.2, 0.25) is 5.02 Å². The smallest absolute Gasteiger partial charge is 0.180 e. The highest BCUT2D eigenvalue weighted by atomic mass is 35.5. The van der Waals surface area contributed by atoms with Crippen LogP contribution in [0.5, 0.6) is 11.5 Å². The lowest BCUT2D eigenvalue weighted by atomic mass is 10.0. The van der Waals surface area contributed by atoms with Crippen LogP contribution in [0.1, 0.15) is 49.4 Å². The lowest BCUT2D eigenvalue weighted by Gasteiger charge is -2.20. The van der Waals surface area contributed by atoms with Crippen LogP contribution >= 0.6 is 24.0 Å². The fourth-order valence-electron chi connectivity index (χ4n) is 3.46. The first-order valence-electron chi connectivity index (χ1n) is 10.6. The predicted molar refractivity (Wildman–Crippen MR) is 132 cm³/mol. The molecule has 1 atom stereocenters. The number of rotatable bonds is 11. The van der Waals surface area contributed by atoms with Crippen LogP contribution in [0, 0.1) is 0 Å². The summed E-state index contributed by atoms with van der Waals surface area (Å²) in [4.78, 5) is 0. The summed E-state index contributed by atoms with van der Waals surface area (Å²) in [5.41, 5.74) is 3.47. The Bertz CT molecular complexity index is 904. The van der Waals surface area contributed by atoms with E-state index in [9.17, 15) is 0 Å². The summed E-state index contributed by atoms with van der Waals surface area (Å²) >= 11 is 6.60. The number of benzene rings is 3. The second-order valence-corrected chi connectivity index (χ2v) is 7.65. The quantitative estimate of drug-likeness (QED) is 0.324. The molecule has 3 aromatic rings. The van der Waals surface area contributed by atoms with Gasteiger partial charge in [0.25, 0.3) is 0 Å². The van der Waals surface area contributed by atoms with Crippen LogP contribution in [0.4, 0.5) is 0 Å². The van der Waals surface area contributed by atoms with Crippen LogP contribution in [-0.2, 0) is 13.2 Å². The fraction of sp³-hybridized carbons (Fsp3) is 0.308. The van der Waals surface area contributed by atoms with E-state index < -0.39 is 0 Å². The van der Waals surface area contributed by atoms with E-state index in [1.165, 1.54) is 5.56 Å². The molecule has 31 heavy (non-hydrogen) atoms. The minimum atomic E-state index is 0. The van der Waals surface area contributed by atoms with Gasteiger partial charge in [-0.2, -0.15) is 0 Å². The van der Waals surface area contributed by atoms with E-state index in [1.807, 2.05) is 49.4 Å². The third-order valence-corrected chi connectivity index (χ3v) is 5.21. The minimum Gasteiger partial charge on any atom is -0.490 e. The normalized spacial score (nSPS) is 11.5. The molecule has 166 valence electrons. The van der Waals surface area contributed by atoms with E-state index in [-0.39, 0.29) is 12.4 Å². The number of nitrogens with one attached hydrogen (secondary N) is 1. The monoisotopic (exact) mass is 459 g/mol. The maximum Gasteiger partial charge on any atom is 0.180 e. The van der Waals surface area contributed by atoms with Crippen molar-refractivity contribution in [1.82, 2.24) is 5.32 Å². The summed E-state index contributed by atoms with van der Waals surface area (Å²) in [6, 6.07) is 24.9. The third kappa shape index (κ3) is 7.46. The molecular weight excluding hydrogens is 429 g/mol. The molecular formula is C26H31Cl2NO2. The van der Waals surface area contributed by atoms with Crippen molar-refractivity contribution in [3.63, 3.8) is 0 Å². The number of halogens is 2. The van der Waals surface area contributed by atoms with Gasteiger partial charge in [-0.05, 0) is 42.2 Å². The highest BCUT2D eigenvalue weighted by Gasteiger charge is 2.15. The summed E-state index contributed by atoms with van der Waals surface area (Å²) in [5, 5.41) is 4.24. The summed E-state index contributed by atoms with van der Waals surface area (Å²) in [5.74, 6) is 1.28. The highest BCUT2D eigenvalue weighted by molar-refractivity contribution is 6.32. The fourth-order valence-corrected chi connectivity index (χ4v) is 3.75. The number of hydrogen-bond acceptors (Lipinski definition) is 3. The molecule has 0 amide bonds. The lowest BCUT2D eigenvalue weighted by molar-refractivity contribution is 0.269. The minimum absolute atomic E-state index is 0. The lowest BCUT2D eigenvalue weighted by Crippen LogP contribution is -2.21. The van der Waals surface area contributed by atoms with Crippen molar-refractivity contribution >= 4 is 24.0 Å². The Balaban J connectivity index is 0.00000341. The average Bonchev–Trinajstić information content (AvgIpc) is 2.77. The van der Waals surface area contributed by atoms with Crippen LogP contribution < -0.4 is 14.8 Å². The van der Waals surface area contributed by atoms with E-state index in [2.05, 4.69) is 42.6 Å². The molecule has 0 spiro atoms. The molecule has 0 aliphatic rings. The maximum absolute atomic E-state index is 6.60. The first-order chi connectivity index (χ1) is 14.7. The Hall–Kier alpha value is -2.20. The van der Waals surface area contributed by atoms with E-state index in [0.717, 1.165) is 24.0 Å². The predicted octanol–water partition coefficient (Wildman–Crippen LogP) is 7.37. The van der Waals surface area contributed by atoms with Gasteiger partial charge in [0, 0.05) is 12.6 Å². The van der Waals surface area contributed by atoms with Crippen molar-refractivity contribution in [2.24, 2.45) is 0 Å². The highest BCUT2D eigenvalue weighted by Crippen LogP contribution is 2.37. The van der Waals surface area contributed by atoms with E-state index >= 15 is 0 Å². The van der Waals surface area contributed by atoms with E-state index in [1.54, 1.807) is 0 Å². The van der Waals surface area contributed by atoms with Gasteiger partial charge < -0.3 is 14.8 Å². The number of hydrogen-bond donors (Lipinski definition) is 1. The maximum atomic E-state index is 6.60. The summed E-state index contributed by atoms with van der Waals surface area (Å²) in [6.07, 6.45) is 2.19. The van der Waals surface area contributed by atoms with Crippen LogP contribution in [0.15, 0.2) is 72.8 Å². The molecule has 0 radical (unpaired) electrons. The standard InChI is InChI=1S/C26H30ClNO2.ClH/c1-3-11-24(22-14-9-6-10-15-22)28-18-21-16-23(27)26(25(17-21)29-4-2)30-19-20-12-7-5-8-13-20;/h5-10,12-17,24,28H,3-4,11,18-19H2,1-2H3;1H. The zero-order chi connectivity index (χ0) is 21.2. The SMILES string of the molecule is CCCC(NCc1cc(Cl)c(OCc2ccccc2)c(OCC)c1)c1ccccc1.Cl. The van der Waals surface area contributed by atoms with Crippen molar-refractivity contribution < 1.29 is 9.47 Å². The van der Waals surface area contributed by atoms with Gasteiger partial charge in [-0.3, -0.25) is 0 Å². The molecule has 0 aromatic heterocycles. The second kappa shape index (κ2) is 13.3. The molecule has 1 N–H and O–H groups in total. The summed E-state index contributed by atoms with van der Waals surface area (Å²) in [7, 11) is 0. The zero-order valence-electron chi connectivity index (χ0n) is 18.1. The first-order valence-corrected chi connectivity index (χ1v) is 11.0. The Labute approximate surface area is 197 Å². The van der Waals surface area contributed by atoms with Crippen molar-refractivity contribution in [1.29, 1.82) is 0 Å². The third-order valence-electron chi connectivity index (χ3n) is 4.93. The van der Waals surface area contributed by atoms with Gasteiger partial charge in [-0.1, -0.05) is 85.6 Å². The molecule has 0 aliphatic heterocycles. The van der Waals surface area contributed by atoms with Crippen LogP contribution in [-0.4, -0.2) is 6.61 Å². The van der Waals surface area contributed by atoms with Gasteiger partial charge in [-0.15, -0.1) is 12.4 Å². The molecule has 3 nitrogen and oxygen atoms in total. The summed E-state index contributed by atoms with van der Waals surface area (Å²) < 4.78 is 11.9. The van der Waals surface area contributed by atoms with Gasteiger partial charge in [-0.25, -0.2) is 0 Å². The molecule has 0 fully saturated rings. The van der Waals surface area contributed by atoms with Crippen molar-refractivity contribution in [2.45, 2.75) is 45.9 Å². The van der Waals surface area contributed by atoms with Gasteiger partial charge in [0.05, 0.1) is 11.6 Å². The molecule has 0 aliphatic carbocycles. The van der Waals surface area contributed by atoms with Crippen LogP contribution in [0.25, 0.3) is 0 Å². The van der Waals surface area contributed by atoms with Gasteiger partial charge >= 0.3 is 0 Å². The molecule has 5 heteroatoms. The zero-order valence-corrected chi connectivity index (χ0v) is 19.7. The van der Waals surface area contributed by atoms with Crippen molar-refractivity contribution in [3.05, 3.63) is 94.5 Å². The Morgan fingerprint density at radius 3 is 2.19 bits per heavy atom. The van der Waals surface area contributed by atoms with Gasteiger partial charge in [0.15, 0.2) is 11.5 Å². The molecule has 3 rings (SSSR count). The van der Waals surface area contributed by atoms with E-state index in [4.69, 9.17) is 21.1 Å². The average molecular weight is 460 g/mol. The van der Waals surface area contributed by atoms with Crippen molar-refractivity contribution in [2.75, 3.05) is 6.61 Å². The Morgan fingerprint density at radius 1 is 0.871 bits per heavy atom. The Morgan fingerprint density at radius 2 is 1.55 bits per heavy atom. The molecule has 3 aromatic carbocycles. The van der Waals surface area contributed by atoms with Crippen LogP contribution in [0.3, 0.4) is 0 Å². The topological polar surface area (TPSA) is 30.5 Å². The summed E-state index contributed by atoms with van der Waals surface area (Å²) in [6.45, 7) is 5.88. The van der Waals surface area contributed by atoms with Gasteiger partial charge in [0.2, 0.25) is 0 Å². The van der Waals surface area contributed by atoms with Crippen molar-refractivity contribution in [3.8, 4) is 11.5 Å². The molecule has 0 heterocycles. The second-order valence-electron chi connectivity index (χ2n) is 7.25. The van der Waals surface area contributed by atoms with Gasteiger partial charge in [0.1, 0.15) is 6.61 Å². The first kappa shape index (κ1) is 25.1. The molecule has 0 saturated carbocycles. The largest absolute Gasteiger partial charge is 0.490 e. The number of ether oxygens (including phenoxy) is 2. The Kier molecular flexibility index (Phi) is 10.7. The molecule has 1 unspecified atom stereocenters.